The number of hydrogen-bond donors (Lipinski definition) is 1. The quantitative estimate of drug-likeness (QED) is 0.511. The van der Waals surface area contributed by atoms with E-state index in [1.165, 1.54) is 10.7 Å². The van der Waals surface area contributed by atoms with Gasteiger partial charge in [-0.15, -0.1) is 11.6 Å². The van der Waals surface area contributed by atoms with Crippen molar-refractivity contribution in [2.75, 3.05) is 24.6 Å². The molecule has 180 valence electrons. The van der Waals surface area contributed by atoms with Crippen LogP contribution in [0.25, 0.3) is 0 Å². The summed E-state index contributed by atoms with van der Waals surface area (Å²) in [6.45, 7) is 2.32. The molecule has 12 heteroatoms. The van der Waals surface area contributed by atoms with Gasteiger partial charge in [-0.25, -0.2) is 8.78 Å². The maximum atomic E-state index is 13.5. The van der Waals surface area contributed by atoms with Crippen molar-refractivity contribution < 1.29 is 13.5 Å². The van der Waals surface area contributed by atoms with Gasteiger partial charge in [0.2, 0.25) is 6.35 Å². The second-order valence-corrected chi connectivity index (χ2v) is 8.75. The number of benzene rings is 1. The van der Waals surface area contributed by atoms with E-state index in [9.17, 15) is 13.6 Å². The summed E-state index contributed by atoms with van der Waals surface area (Å²) >= 11 is 12.6. The molecule has 0 radical (unpaired) electrons. The van der Waals surface area contributed by atoms with E-state index in [0.717, 1.165) is 11.3 Å². The maximum absolute atomic E-state index is 13.5. The molecule has 2 aliphatic rings. The van der Waals surface area contributed by atoms with Crippen LogP contribution in [0.3, 0.4) is 0 Å². The lowest BCUT2D eigenvalue weighted by molar-refractivity contribution is 0.0303. The van der Waals surface area contributed by atoms with Gasteiger partial charge in [0.25, 0.3) is 12.0 Å². The SMILES string of the molecule is O=c1c(Cl)c(N2CCc3c(c(CCl)nn3Cc3ccccc3C(F)F)C2)cnn1C1NCCO1. The number of aromatic nitrogens is 4. The molecule has 0 spiro atoms. The van der Waals surface area contributed by atoms with Crippen LogP contribution in [0.4, 0.5) is 14.5 Å². The minimum Gasteiger partial charge on any atom is -0.364 e. The van der Waals surface area contributed by atoms with Crippen molar-refractivity contribution >= 4 is 28.9 Å². The molecule has 1 atom stereocenters. The van der Waals surface area contributed by atoms with Gasteiger partial charge in [-0.05, 0) is 5.56 Å². The van der Waals surface area contributed by atoms with Crippen LogP contribution in [0.15, 0.2) is 35.3 Å². The van der Waals surface area contributed by atoms with Crippen LogP contribution in [0, 0.1) is 0 Å². The number of nitrogens with zero attached hydrogens (tertiary/aromatic N) is 5. The molecule has 2 aromatic heterocycles. The molecule has 1 N–H and O–H groups in total. The van der Waals surface area contributed by atoms with E-state index >= 15 is 0 Å². The zero-order chi connectivity index (χ0) is 23.8. The molecule has 2 aliphatic heterocycles. The first-order valence-corrected chi connectivity index (χ1v) is 11.8. The summed E-state index contributed by atoms with van der Waals surface area (Å²) in [5.74, 6) is 0.179. The molecular weight excluding hydrogens is 489 g/mol. The summed E-state index contributed by atoms with van der Waals surface area (Å²) in [4.78, 5) is 14.8. The number of nitrogens with one attached hydrogen (secondary N) is 1. The molecule has 1 fully saturated rings. The second kappa shape index (κ2) is 9.61. The monoisotopic (exact) mass is 510 g/mol. The highest BCUT2D eigenvalue weighted by Crippen LogP contribution is 2.31. The third-order valence-electron chi connectivity index (χ3n) is 6.14. The van der Waals surface area contributed by atoms with Crippen molar-refractivity contribution in [1.82, 2.24) is 24.9 Å². The zero-order valence-corrected chi connectivity index (χ0v) is 19.6. The lowest BCUT2D eigenvalue weighted by Crippen LogP contribution is -2.37. The van der Waals surface area contributed by atoms with Gasteiger partial charge in [-0.2, -0.15) is 14.9 Å². The van der Waals surface area contributed by atoms with E-state index in [1.807, 2.05) is 4.90 Å². The fourth-order valence-electron chi connectivity index (χ4n) is 4.45. The lowest BCUT2D eigenvalue weighted by atomic mass is 10.0. The molecule has 0 aliphatic carbocycles. The third kappa shape index (κ3) is 4.19. The number of halogens is 4. The highest BCUT2D eigenvalue weighted by atomic mass is 35.5. The van der Waals surface area contributed by atoms with Gasteiger partial charge in [0, 0.05) is 42.9 Å². The van der Waals surface area contributed by atoms with Gasteiger partial charge >= 0.3 is 0 Å². The van der Waals surface area contributed by atoms with Crippen molar-refractivity contribution in [2.45, 2.75) is 38.2 Å². The van der Waals surface area contributed by atoms with E-state index in [-0.39, 0.29) is 23.0 Å². The fourth-order valence-corrected chi connectivity index (χ4v) is 4.92. The Balaban J connectivity index is 1.44. The van der Waals surface area contributed by atoms with E-state index in [2.05, 4.69) is 15.5 Å². The minimum absolute atomic E-state index is 0.00392. The molecule has 8 nitrogen and oxygen atoms in total. The van der Waals surface area contributed by atoms with Gasteiger partial charge in [0.1, 0.15) is 5.02 Å². The minimum atomic E-state index is -2.56. The number of anilines is 1. The molecule has 0 saturated carbocycles. The van der Waals surface area contributed by atoms with Gasteiger partial charge in [0.15, 0.2) is 0 Å². The molecule has 1 aromatic carbocycles. The van der Waals surface area contributed by atoms with Crippen molar-refractivity contribution in [2.24, 2.45) is 0 Å². The molecule has 1 saturated heterocycles. The van der Waals surface area contributed by atoms with Crippen molar-refractivity contribution in [3.63, 3.8) is 0 Å². The molecule has 5 rings (SSSR count). The Kier molecular flexibility index (Phi) is 6.57. The number of alkyl halides is 3. The summed E-state index contributed by atoms with van der Waals surface area (Å²) in [6.07, 6.45) is -1.05. The molecule has 3 aromatic rings. The Morgan fingerprint density at radius 2 is 2.12 bits per heavy atom. The van der Waals surface area contributed by atoms with Crippen LogP contribution in [-0.2, 0) is 30.1 Å². The molecule has 0 amide bonds. The first-order chi connectivity index (χ1) is 16.5. The summed E-state index contributed by atoms with van der Waals surface area (Å²) < 4.78 is 35.3. The number of hydrogen-bond acceptors (Lipinski definition) is 6. The number of ether oxygens (including phenoxy) is 1. The van der Waals surface area contributed by atoms with Crippen LogP contribution in [0.2, 0.25) is 5.02 Å². The van der Waals surface area contributed by atoms with Crippen molar-refractivity contribution in [3.05, 3.63) is 73.9 Å². The van der Waals surface area contributed by atoms with Crippen molar-refractivity contribution in [3.8, 4) is 0 Å². The molecule has 1 unspecified atom stereocenters. The third-order valence-corrected chi connectivity index (χ3v) is 6.75. The summed E-state index contributed by atoms with van der Waals surface area (Å²) in [7, 11) is 0. The Bertz CT molecular complexity index is 1260. The van der Waals surface area contributed by atoms with Crippen LogP contribution < -0.4 is 15.8 Å². The van der Waals surface area contributed by atoms with E-state index in [1.54, 1.807) is 29.1 Å². The van der Waals surface area contributed by atoms with E-state index in [4.69, 9.17) is 27.9 Å². The average molecular weight is 511 g/mol. The highest BCUT2D eigenvalue weighted by Gasteiger charge is 2.28. The topological polar surface area (TPSA) is 77.2 Å². The van der Waals surface area contributed by atoms with Crippen molar-refractivity contribution in [1.29, 1.82) is 0 Å². The maximum Gasteiger partial charge on any atom is 0.291 e. The summed E-state index contributed by atoms with van der Waals surface area (Å²) in [5.41, 5.74) is 3.12. The fraction of sp³-hybridized carbons (Fsp3) is 0.409. The van der Waals surface area contributed by atoms with Crippen LogP contribution >= 0.6 is 23.2 Å². The first-order valence-electron chi connectivity index (χ1n) is 10.8. The predicted octanol–water partition coefficient (Wildman–Crippen LogP) is 3.46. The standard InChI is InChI=1S/C22H22Cl2F2N6O2/c23-9-16-15-12-30(18-10-28-32(21(33)19(18)24)22-27-6-8-34-22)7-5-17(15)31(29-16)11-13-3-1-2-4-14(13)20(25)26/h1-4,10,20,22,27H,5-9,11-12H2. The first kappa shape index (κ1) is 23.2. The number of fused-ring (bicyclic) bond motifs is 1. The average Bonchev–Trinajstić information content (AvgIpc) is 3.49. The Hall–Kier alpha value is -2.53. The van der Waals surface area contributed by atoms with Crippen LogP contribution in [0.1, 0.15) is 40.9 Å². The highest BCUT2D eigenvalue weighted by molar-refractivity contribution is 6.33. The Morgan fingerprint density at radius 1 is 1.29 bits per heavy atom. The van der Waals surface area contributed by atoms with Gasteiger partial charge in [0.05, 0.1) is 36.6 Å². The zero-order valence-electron chi connectivity index (χ0n) is 18.1. The molecule has 4 heterocycles. The van der Waals surface area contributed by atoms with E-state index in [0.29, 0.717) is 49.6 Å². The summed E-state index contributed by atoms with van der Waals surface area (Å²) in [5, 5.41) is 12.0. The molecular formula is C22H22Cl2F2N6O2. The van der Waals surface area contributed by atoms with Crippen LogP contribution in [-0.4, -0.2) is 39.3 Å². The second-order valence-electron chi connectivity index (χ2n) is 8.11. The van der Waals surface area contributed by atoms with Gasteiger partial charge in [-0.3, -0.25) is 14.8 Å². The Labute approximate surface area is 204 Å². The smallest absolute Gasteiger partial charge is 0.291 e. The van der Waals surface area contributed by atoms with Gasteiger partial charge in [-0.1, -0.05) is 35.9 Å². The molecule has 34 heavy (non-hydrogen) atoms. The molecule has 0 bridgehead atoms. The predicted molar refractivity (Wildman–Crippen MR) is 124 cm³/mol. The van der Waals surface area contributed by atoms with Crippen LogP contribution in [0.5, 0.6) is 0 Å². The largest absolute Gasteiger partial charge is 0.364 e. The van der Waals surface area contributed by atoms with Gasteiger partial charge < -0.3 is 9.64 Å². The summed E-state index contributed by atoms with van der Waals surface area (Å²) in [6, 6.07) is 6.47. The number of rotatable bonds is 6. The Morgan fingerprint density at radius 3 is 2.85 bits per heavy atom. The van der Waals surface area contributed by atoms with E-state index < -0.39 is 18.3 Å². The lowest BCUT2D eigenvalue weighted by Gasteiger charge is -2.30. The normalized spacial score (nSPS) is 18.0.